The lowest BCUT2D eigenvalue weighted by Gasteiger charge is -2.23. The minimum atomic E-state index is -1.58. The first-order valence-electron chi connectivity index (χ1n) is 14.1. The van der Waals surface area contributed by atoms with Gasteiger partial charge < -0.3 is 38.6 Å². The van der Waals surface area contributed by atoms with Crippen molar-refractivity contribution in [1.29, 1.82) is 0 Å². The van der Waals surface area contributed by atoms with Gasteiger partial charge in [0.05, 0.1) is 24.8 Å². The predicted molar refractivity (Wildman–Crippen MR) is 159 cm³/mol. The Balaban J connectivity index is 0.000000741. The molecule has 1 heterocycles. The fourth-order valence-corrected chi connectivity index (χ4v) is 3.18. The van der Waals surface area contributed by atoms with Crippen molar-refractivity contribution in [2.45, 2.75) is 90.3 Å². The summed E-state index contributed by atoms with van der Waals surface area (Å²) in [7, 11) is 2.48. The van der Waals surface area contributed by atoms with Crippen molar-refractivity contribution in [3.63, 3.8) is 0 Å². The van der Waals surface area contributed by atoms with Gasteiger partial charge >= 0.3 is 41.8 Å². The van der Waals surface area contributed by atoms with Crippen molar-refractivity contribution >= 4 is 53.4 Å². The van der Waals surface area contributed by atoms with Crippen LogP contribution >= 0.6 is 0 Å². The van der Waals surface area contributed by atoms with Gasteiger partial charge in [-0.2, -0.15) is 0 Å². The smallest absolute Gasteiger partial charge is 0.355 e. The second-order valence-corrected chi connectivity index (χ2v) is 10.9. The highest BCUT2D eigenvalue weighted by atomic mass is 16.6. The Morgan fingerprint density at radius 2 is 1.29 bits per heavy atom. The van der Waals surface area contributed by atoms with Crippen molar-refractivity contribution in [3.8, 4) is 0 Å². The van der Waals surface area contributed by atoms with E-state index in [0.29, 0.717) is 0 Å². The van der Waals surface area contributed by atoms with E-state index in [9.17, 15) is 43.2 Å². The minimum Gasteiger partial charge on any atom is -0.479 e. The zero-order valence-electron chi connectivity index (χ0n) is 27.5. The molecule has 1 aliphatic rings. The molecule has 0 aromatic heterocycles. The van der Waals surface area contributed by atoms with Crippen LogP contribution in [0.4, 0.5) is 0 Å². The number of hydrogen-bond acceptors (Lipinski definition) is 15. The van der Waals surface area contributed by atoms with E-state index in [0.717, 1.165) is 0 Å². The van der Waals surface area contributed by atoms with Crippen LogP contribution in [0.1, 0.15) is 70.7 Å². The molecule has 0 spiro atoms. The molecule has 4 unspecified atom stereocenters. The molecule has 0 aliphatic carbocycles. The third-order valence-corrected chi connectivity index (χ3v) is 5.45. The van der Waals surface area contributed by atoms with E-state index in [4.69, 9.17) is 19.7 Å². The quantitative estimate of drug-likeness (QED) is 0.160. The molecule has 0 radical (unpaired) electrons. The summed E-state index contributed by atoms with van der Waals surface area (Å²) in [5.41, 5.74) is -0.475. The molecule has 266 valence electrons. The zero-order chi connectivity index (χ0) is 37.2. The number of ketones is 2. The second-order valence-electron chi connectivity index (χ2n) is 10.9. The largest absolute Gasteiger partial charge is 0.479 e. The van der Waals surface area contributed by atoms with Crippen LogP contribution in [0.25, 0.3) is 0 Å². The number of carbonyl (C=O) groups is 9. The molecule has 17 heteroatoms. The maximum absolute atomic E-state index is 11.8. The van der Waals surface area contributed by atoms with Crippen LogP contribution in [0, 0.1) is 0 Å². The number of benzene rings is 1. The number of ether oxygens (including phenoxy) is 6. The number of carboxylic acids is 2. The molecule has 0 saturated carbocycles. The van der Waals surface area contributed by atoms with Gasteiger partial charge in [0, 0.05) is 20.6 Å². The molecular weight excluding hydrogens is 644 g/mol. The summed E-state index contributed by atoms with van der Waals surface area (Å²) < 4.78 is 28.1. The molecule has 0 amide bonds. The molecule has 1 aromatic carbocycles. The number of carboxylic acid groups (broad SMARTS) is 2. The maximum Gasteiger partial charge on any atom is 0.355 e. The fraction of sp³-hybridized carbons (Fsp3) is 0.516. The molecule has 17 nitrogen and oxygen atoms in total. The number of hydrogen-bond donors (Lipinski definition) is 2. The van der Waals surface area contributed by atoms with Crippen LogP contribution in [0.3, 0.4) is 0 Å². The average molecular weight is 685 g/mol. The van der Waals surface area contributed by atoms with Gasteiger partial charge in [0.25, 0.3) is 0 Å². The molecule has 1 aliphatic heterocycles. The highest BCUT2D eigenvalue weighted by molar-refractivity contribution is 6.00. The fourth-order valence-electron chi connectivity index (χ4n) is 3.18. The van der Waals surface area contributed by atoms with Gasteiger partial charge in [0.15, 0.2) is 12.2 Å². The highest BCUT2D eigenvalue weighted by Crippen LogP contribution is 2.16. The molecule has 2 rings (SSSR count). The van der Waals surface area contributed by atoms with Gasteiger partial charge in [0.2, 0.25) is 12.2 Å². The molecule has 1 aromatic rings. The Hall–Kier alpha value is -5.03. The molecule has 1 saturated heterocycles. The van der Waals surface area contributed by atoms with Crippen molar-refractivity contribution < 1.29 is 81.8 Å². The van der Waals surface area contributed by atoms with E-state index in [2.05, 4.69) is 18.9 Å². The second kappa shape index (κ2) is 21.0. The number of carbonyl (C=O) groups excluding carboxylic acids is 7. The summed E-state index contributed by atoms with van der Waals surface area (Å²) in [4.78, 5) is 99.0. The standard InChI is InChI=1S/C14H22O8.C11H8O5.C6H10O4/c1-8(15)6-9(12(17)18)21-11(16)7-10(20-5)13(19)22-14(2,3)4;12-9-6-8(15-9)11(14)16-10(13)7-4-2-1-3-5-7;1-4(7)3-5(10-2)6(8)9/h9-10H,6-7H2,1-5H3,(H,17,18);1-5,8H,6H2;5H,3H2,1-2H3,(H,8,9). The Kier molecular flexibility index (Phi) is 18.8. The molecule has 4 atom stereocenters. The number of methoxy groups -OCH3 is 2. The molecule has 0 bridgehead atoms. The van der Waals surface area contributed by atoms with E-state index in [1.807, 2.05) is 0 Å². The molecule has 2 N–H and O–H groups in total. The molecular formula is C31H40O17. The molecule has 48 heavy (non-hydrogen) atoms. The topological polar surface area (TPSA) is 249 Å². The van der Waals surface area contributed by atoms with E-state index >= 15 is 0 Å². The van der Waals surface area contributed by atoms with Crippen molar-refractivity contribution in [1.82, 2.24) is 0 Å². The normalized spacial score (nSPS) is 15.1. The monoisotopic (exact) mass is 684 g/mol. The van der Waals surface area contributed by atoms with E-state index in [-0.39, 0.29) is 24.2 Å². The van der Waals surface area contributed by atoms with Crippen molar-refractivity contribution in [2.24, 2.45) is 0 Å². The Bertz CT molecular complexity index is 1300. The zero-order valence-corrected chi connectivity index (χ0v) is 27.5. The summed E-state index contributed by atoms with van der Waals surface area (Å²) in [6, 6.07) is 8.12. The lowest BCUT2D eigenvalue weighted by molar-refractivity contribution is -0.182. The average Bonchev–Trinajstić information content (AvgIpc) is 2.96. The minimum absolute atomic E-state index is 0.0269. The lowest BCUT2D eigenvalue weighted by atomic mass is 10.1. The maximum atomic E-state index is 11.8. The summed E-state index contributed by atoms with van der Waals surface area (Å²) in [5, 5.41) is 17.2. The number of esters is 5. The van der Waals surface area contributed by atoms with Gasteiger partial charge in [0.1, 0.15) is 17.2 Å². The van der Waals surface area contributed by atoms with Gasteiger partial charge in [-0.15, -0.1) is 0 Å². The van der Waals surface area contributed by atoms with Crippen molar-refractivity contribution in [3.05, 3.63) is 35.9 Å². The number of cyclic esters (lactones) is 1. The number of aliphatic carboxylic acids is 2. The van der Waals surface area contributed by atoms with Gasteiger partial charge in [-0.3, -0.25) is 19.2 Å². The SMILES string of the molecule is COC(CC(=O)OC(CC(C)=O)C(=O)O)C(=O)OC(C)(C)C.COC(CC(C)=O)C(=O)O.O=C1CC(C(=O)OC(=O)c2ccccc2)O1. The Morgan fingerprint density at radius 1 is 0.812 bits per heavy atom. The van der Waals surface area contributed by atoms with Crippen LogP contribution in [-0.4, -0.2) is 108 Å². The van der Waals surface area contributed by atoms with Gasteiger partial charge in [-0.1, -0.05) is 18.2 Å². The van der Waals surface area contributed by atoms with E-state index in [1.165, 1.54) is 40.2 Å². The van der Waals surface area contributed by atoms with Crippen LogP contribution in [0.15, 0.2) is 30.3 Å². The Labute approximate surface area is 275 Å². The van der Waals surface area contributed by atoms with Gasteiger partial charge in [-0.05, 0) is 46.8 Å². The lowest BCUT2D eigenvalue weighted by Crippen LogP contribution is -2.41. The third kappa shape index (κ3) is 18.2. The van der Waals surface area contributed by atoms with Crippen LogP contribution in [0.2, 0.25) is 0 Å². The summed E-state index contributed by atoms with van der Waals surface area (Å²) in [6.07, 6.45) is -5.75. The third-order valence-electron chi connectivity index (χ3n) is 5.45. The molecule has 1 fully saturated rings. The summed E-state index contributed by atoms with van der Waals surface area (Å²) in [5.74, 6) is -6.91. The summed E-state index contributed by atoms with van der Waals surface area (Å²) in [6.45, 7) is 7.48. The van der Waals surface area contributed by atoms with E-state index in [1.54, 1.807) is 39.0 Å². The van der Waals surface area contributed by atoms with Crippen LogP contribution < -0.4 is 0 Å². The first-order valence-corrected chi connectivity index (χ1v) is 14.1. The number of rotatable bonds is 14. The van der Waals surface area contributed by atoms with Crippen LogP contribution in [-0.2, 0) is 66.8 Å². The first-order chi connectivity index (χ1) is 22.2. The first kappa shape index (κ1) is 43.0. The highest BCUT2D eigenvalue weighted by Gasteiger charge is 2.37. The predicted octanol–water partition coefficient (Wildman–Crippen LogP) is 1.46. The van der Waals surface area contributed by atoms with E-state index < -0.39 is 90.4 Å². The Morgan fingerprint density at radius 3 is 1.67 bits per heavy atom. The van der Waals surface area contributed by atoms with Gasteiger partial charge in [-0.25, -0.2) is 24.0 Å². The number of Topliss-reactive ketones (excluding diaryl/α,β-unsaturated/α-hetero) is 2. The van der Waals surface area contributed by atoms with Crippen molar-refractivity contribution in [2.75, 3.05) is 14.2 Å². The summed E-state index contributed by atoms with van der Waals surface area (Å²) >= 11 is 0. The van der Waals surface area contributed by atoms with Crippen LogP contribution in [0.5, 0.6) is 0 Å².